The maximum Gasteiger partial charge on any atom is 0.153 e. The molecule has 0 aromatic heterocycles. The summed E-state index contributed by atoms with van der Waals surface area (Å²) in [6.07, 6.45) is 5.66. The van der Waals surface area contributed by atoms with Gasteiger partial charge in [0.15, 0.2) is 6.29 Å². The van der Waals surface area contributed by atoms with Crippen molar-refractivity contribution in [3.63, 3.8) is 0 Å². The number of carbonyl (C=O) groups is 1. The van der Waals surface area contributed by atoms with Crippen molar-refractivity contribution in [1.29, 1.82) is 0 Å². The summed E-state index contributed by atoms with van der Waals surface area (Å²) in [4.78, 5) is 13.5. The van der Waals surface area contributed by atoms with Crippen LogP contribution in [0.1, 0.15) is 43.0 Å². The Hall–Kier alpha value is -1.02. The van der Waals surface area contributed by atoms with Crippen LogP contribution >= 0.6 is 11.6 Å². The van der Waals surface area contributed by atoms with Gasteiger partial charge < -0.3 is 4.90 Å². The lowest BCUT2D eigenvalue weighted by molar-refractivity contribution is 0.112. The van der Waals surface area contributed by atoms with E-state index < -0.39 is 0 Å². The largest absolute Gasteiger partial charge is 0.368 e. The van der Waals surface area contributed by atoms with Gasteiger partial charge in [-0.2, -0.15) is 0 Å². The zero-order chi connectivity index (χ0) is 12.3. The van der Waals surface area contributed by atoms with Crippen LogP contribution in [0.3, 0.4) is 0 Å². The molecule has 3 heteroatoms. The number of benzene rings is 1. The number of rotatable bonds is 6. The van der Waals surface area contributed by atoms with E-state index in [1.807, 2.05) is 12.1 Å². The third kappa shape index (κ3) is 2.81. The highest BCUT2D eigenvalue weighted by molar-refractivity contribution is 6.33. The lowest BCUT2D eigenvalue weighted by atomic mass is 10.1. The van der Waals surface area contributed by atoms with Gasteiger partial charge in [-0.1, -0.05) is 31.0 Å². The first kappa shape index (κ1) is 12.4. The smallest absolute Gasteiger partial charge is 0.153 e. The van der Waals surface area contributed by atoms with Crippen molar-refractivity contribution in [2.75, 3.05) is 11.4 Å². The van der Waals surface area contributed by atoms with E-state index in [-0.39, 0.29) is 0 Å². The minimum absolute atomic E-state index is 0.555. The van der Waals surface area contributed by atoms with Gasteiger partial charge in [0.05, 0.1) is 10.6 Å². The molecule has 0 heterocycles. The third-order valence-corrected chi connectivity index (χ3v) is 3.53. The van der Waals surface area contributed by atoms with Crippen molar-refractivity contribution in [3.8, 4) is 0 Å². The Kier molecular flexibility index (Phi) is 4.06. The van der Waals surface area contributed by atoms with Gasteiger partial charge in [0.2, 0.25) is 0 Å². The second-order valence-corrected chi connectivity index (χ2v) is 4.98. The molecule has 0 atom stereocenters. The molecule has 1 fully saturated rings. The summed E-state index contributed by atoms with van der Waals surface area (Å²) in [5.41, 5.74) is 1.64. The summed E-state index contributed by atoms with van der Waals surface area (Å²) in [5, 5.41) is 0.555. The number of hydrogen-bond donors (Lipinski definition) is 0. The van der Waals surface area contributed by atoms with Crippen LogP contribution in [0.25, 0.3) is 0 Å². The van der Waals surface area contributed by atoms with Crippen LogP contribution in [0.4, 0.5) is 5.69 Å². The minimum Gasteiger partial charge on any atom is -0.368 e. The van der Waals surface area contributed by atoms with Crippen LogP contribution in [0.5, 0.6) is 0 Å². The Labute approximate surface area is 108 Å². The second kappa shape index (κ2) is 5.54. The number of anilines is 1. The van der Waals surface area contributed by atoms with Crippen molar-refractivity contribution in [3.05, 3.63) is 28.8 Å². The minimum atomic E-state index is 0.555. The standard InChI is InChI=1S/C14H18ClNO/c1-2-3-9-16(11-7-8-11)14-6-4-5-13(15)12(14)10-17/h4-6,10-11H,2-3,7-9H2,1H3. The normalized spacial score (nSPS) is 14.7. The molecule has 0 bridgehead atoms. The van der Waals surface area contributed by atoms with E-state index in [1.165, 1.54) is 19.3 Å². The first-order valence-electron chi connectivity index (χ1n) is 6.28. The quantitative estimate of drug-likeness (QED) is 0.715. The third-order valence-electron chi connectivity index (χ3n) is 3.20. The molecule has 0 spiro atoms. The molecule has 0 radical (unpaired) electrons. The van der Waals surface area contributed by atoms with Crippen LogP contribution in [0.2, 0.25) is 5.02 Å². The monoisotopic (exact) mass is 251 g/mol. The summed E-state index contributed by atoms with van der Waals surface area (Å²) >= 11 is 6.07. The fourth-order valence-electron chi connectivity index (χ4n) is 2.11. The Morgan fingerprint density at radius 2 is 2.24 bits per heavy atom. The molecule has 1 saturated carbocycles. The van der Waals surface area contributed by atoms with E-state index in [1.54, 1.807) is 6.07 Å². The number of aldehydes is 1. The molecule has 2 nitrogen and oxygen atoms in total. The fourth-order valence-corrected chi connectivity index (χ4v) is 2.32. The topological polar surface area (TPSA) is 20.3 Å². The molecule has 1 aromatic rings. The Morgan fingerprint density at radius 1 is 1.47 bits per heavy atom. The molecular formula is C14H18ClNO. The highest BCUT2D eigenvalue weighted by atomic mass is 35.5. The molecule has 17 heavy (non-hydrogen) atoms. The summed E-state index contributed by atoms with van der Waals surface area (Å²) in [6, 6.07) is 6.31. The van der Waals surface area contributed by atoms with Gasteiger partial charge in [-0.3, -0.25) is 4.79 Å². The van der Waals surface area contributed by atoms with Crippen molar-refractivity contribution in [2.24, 2.45) is 0 Å². The lowest BCUT2D eigenvalue weighted by Crippen LogP contribution is -2.27. The molecular weight excluding hydrogens is 234 g/mol. The zero-order valence-corrected chi connectivity index (χ0v) is 10.9. The SMILES string of the molecule is CCCCN(c1cccc(Cl)c1C=O)C1CC1. The van der Waals surface area contributed by atoms with Gasteiger partial charge in [-0.15, -0.1) is 0 Å². The Morgan fingerprint density at radius 3 is 2.82 bits per heavy atom. The van der Waals surface area contributed by atoms with Gasteiger partial charge in [-0.25, -0.2) is 0 Å². The van der Waals surface area contributed by atoms with Crippen molar-refractivity contribution < 1.29 is 4.79 Å². The number of hydrogen-bond acceptors (Lipinski definition) is 2. The van der Waals surface area contributed by atoms with Crippen LogP contribution < -0.4 is 4.90 Å². The molecule has 92 valence electrons. The summed E-state index contributed by atoms with van der Waals surface area (Å²) in [5.74, 6) is 0. The number of carbonyl (C=O) groups excluding carboxylic acids is 1. The van der Waals surface area contributed by atoms with E-state index in [0.717, 1.165) is 24.9 Å². The lowest BCUT2D eigenvalue weighted by Gasteiger charge is -2.26. The van der Waals surface area contributed by atoms with Crippen LogP contribution in [0.15, 0.2) is 18.2 Å². The van der Waals surface area contributed by atoms with E-state index in [9.17, 15) is 4.79 Å². The predicted octanol–water partition coefficient (Wildman–Crippen LogP) is 3.92. The molecule has 1 aromatic carbocycles. The van der Waals surface area contributed by atoms with Crippen molar-refractivity contribution in [1.82, 2.24) is 0 Å². The molecule has 0 N–H and O–H groups in total. The summed E-state index contributed by atoms with van der Waals surface area (Å²) in [7, 11) is 0. The maximum atomic E-state index is 11.2. The molecule has 0 saturated heterocycles. The number of halogens is 1. The van der Waals surface area contributed by atoms with E-state index in [4.69, 9.17) is 11.6 Å². The average Bonchev–Trinajstić information content (AvgIpc) is 3.14. The highest BCUT2D eigenvalue weighted by Crippen LogP contribution is 2.35. The molecule has 1 aliphatic rings. The Bertz CT molecular complexity index is 401. The number of unbranched alkanes of at least 4 members (excludes halogenated alkanes) is 1. The second-order valence-electron chi connectivity index (χ2n) is 4.57. The van der Waals surface area contributed by atoms with Crippen LogP contribution in [-0.4, -0.2) is 18.9 Å². The summed E-state index contributed by atoms with van der Waals surface area (Å²) in [6.45, 7) is 3.20. The van der Waals surface area contributed by atoms with E-state index in [2.05, 4.69) is 11.8 Å². The van der Waals surface area contributed by atoms with Crippen molar-refractivity contribution >= 4 is 23.6 Å². The number of nitrogens with zero attached hydrogens (tertiary/aromatic N) is 1. The maximum absolute atomic E-state index is 11.2. The Balaban J connectivity index is 2.28. The summed E-state index contributed by atoms with van der Waals surface area (Å²) < 4.78 is 0. The zero-order valence-electron chi connectivity index (χ0n) is 10.2. The van der Waals surface area contributed by atoms with Gasteiger partial charge in [-0.05, 0) is 31.4 Å². The van der Waals surface area contributed by atoms with E-state index >= 15 is 0 Å². The molecule has 0 aliphatic heterocycles. The van der Waals surface area contributed by atoms with Crippen molar-refractivity contribution in [2.45, 2.75) is 38.6 Å². The van der Waals surface area contributed by atoms with Gasteiger partial charge in [0.25, 0.3) is 0 Å². The highest BCUT2D eigenvalue weighted by Gasteiger charge is 2.30. The van der Waals surface area contributed by atoms with Gasteiger partial charge >= 0.3 is 0 Å². The van der Waals surface area contributed by atoms with Crippen LogP contribution in [0, 0.1) is 0 Å². The molecule has 0 amide bonds. The van der Waals surface area contributed by atoms with Crippen LogP contribution in [-0.2, 0) is 0 Å². The fraction of sp³-hybridized carbons (Fsp3) is 0.500. The molecule has 1 aliphatic carbocycles. The first-order valence-corrected chi connectivity index (χ1v) is 6.66. The molecule has 0 unspecified atom stereocenters. The average molecular weight is 252 g/mol. The first-order chi connectivity index (χ1) is 8.27. The molecule has 2 rings (SSSR count). The van der Waals surface area contributed by atoms with E-state index in [0.29, 0.717) is 16.6 Å². The predicted molar refractivity (Wildman–Crippen MR) is 72.1 cm³/mol. The van der Waals surface area contributed by atoms with Gasteiger partial charge in [0.1, 0.15) is 0 Å². The van der Waals surface area contributed by atoms with Gasteiger partial charge in [0, 0.05) is 18.3 Å².